The number of amides is 1. The van der Waals surface area contributed by atoms with Crippen molar-refractivity contribution in [3.05, 3.63) is 41.5 Å². The number of hydrogen-bond acceptors (Lipinski definition) is 3. The lowest BCUT2D eigenvalue weighted by atomic mass is 10.0. The van der Waals surface area contributed by atoms with E-state index in [9.17, 15) is 4.79 Å². The molecule has 5 nitrogen and oxygen atoms in total. The first-order valence-corrected chi connectivity index (χ1v) is 8.94. The van der Waals surface area contributed by atoms with Gasteiger partial charge in [-0.15, -0.1) is 0 Å². The fourth-order valence-corrected chi connectivity index (χ4v) is 3.63. The Morgan fingerprint density at radius 2 is 2.00 bits per heavy atom. The zero-order valence-corrected chi connectivity index (χ0v) is 14.4. The summed E-state index contributed by atoms with van der Waals surface area (Å²) in [5.41, 5.74) is 2.22. The van der Waals surface area contributed by atoms with E-state index in [0.29, 0.717) is 5.91 Å². The number of benzene rings is 1. The molecule has 0 spiro atoms. The quantitative estimate of drug-likeness (QED) is 0.870. The first-order chi connectivity index (χ1) is 11.6. The third-order valence-corrected chi connectivity index (χ3v) is 4.99. The molecule has 2 aliphatic rings. The molecule has 0 radical (unpaired) electrons. The van der Waals surface area contributed by atoms with Crippen LogP contribution in [0, 0.1) is 19.8 Å². The van der Waals surface area contributed by atoms with Crippen LogP contribution in [0.25, 0.3) is 5.69 Å². The highest BCUT2D eigenvalue weighted by atomic mass is 16.2. The van der Waals surface area contributed by atoms with Gasteiger partial charge in [-0.2, -0.15) is 5.10 Å². The minimum atomic E-state index is 0.0496. The molecule has 126 valence electrons. The summed E-state index contributed by atoms with van der Waals surface area (Å²) >= 11 is 0. The van der Waals surface area contributed by atoms with Gasteiger partial charge in [0, 0.05) is 12.5 Å². The van der Waals surface area contributed by atoms with Gasteiger partial charge in [0.2, 0.25) is 5.91 Å². The van der Waals surface area contributed by atoms with Crippen molar-refractivity contribution in [2.24, 2.45) is 5.92 Å². The second kappa shape index (κ2) is 6.04. The zero-order valence-electron chi connectivity index (χ0n) is 14.4. The molecule has 24 heavy (non-hydrogen) atoms. The van der Waals surface area contributed by atoms with Crippen LogP contribution < -0.4 is 0 Å². The molecule has 1 atom stereocenters. The van der Waals surface area contributed by atoms with Crippen LogP contribution in [0.5, 0.6) is 0 Å². The average molecular weight is 324 g/mol. The van der Waals surface area contributed by atoms with Gasteiger partial charge in [-0.3, -0.25) is 4.79 Å². The summed E-state index contributed by atoms with van der Waals surface area (Å²) in [5, 5.41) is 4.62. The van der Waals surface area contributed by atoms with Gasteiger partial charge in [0.05, 0.1) is 11.7 Å². The van der Waals surface area contributed by atoms with Gasteiger partial charge in [-0.25, -0.2) is 9.67 Å². The van der Waals surface area contributed by atoms with E-state index in [0.717, 1.165) is 56.0 Å². The number of likely N-dealkylation sites (tertiary alicyclic amines) is 1. The van der Waals surface area contributed by atoms with E-state index in [1.54, 1.807) is 0 Å². The predicted octanol–water partition coefficient (Wildman–Crippen LogP) is 3.35. The van der Waals surface area contributed by atoms with Crippen LogP contribution in [0.15, 0.2) is 24.3 Å². The topological polar surface area (TPSA) is 51.0 Å². The molecule has 1 aromatic carbocycles. The molecule has 1 amide bonds. The Morgan fingerprint density at radius 3 is 2.75 bits per heavy atom. The lowest BCUT2D eigenvalue weighted by Gasteiger charge is -2.35. The van der Waals surface area contributed by atoms with Crippen LogP contribution in [0.3, 0.4) is 0 Å². The Labute approximate surface area is 142 Å². The fourth-order valence-electron chi connectivity index (χ4n) is 3.63. The number of carbonyl (C=O) groups excluding carboxylic acids is 1. The van der Waals surface area contributed by atoms with E-state index in [1.807, 2.05) is 17.7 Å². The van der Waals surface area contributed by atoms with E-state index in [4.69, 9.17) is 4.98 Å². The highest BCUT2D eigenvalue weighted by Crippen LogP contribution is 2.37. The standard InChI is InChI=1S/C19H24N4O/c1-13-6-5-7-16(12-13)23-18(20-14(2)21-23)17-8-3-4-11-22(17)19(24)15-9-10-15/h5-7,12,15,17H,3-4,8-11H2,1-2H3/t17-/m1/s1. The molecule has 5 heteroatoms. The molecule has 1 aliphatic carbocycles. The highest BCUT2D eigenvalue weighted by molar-refractivity contribution is 5.81. The Bertz CT molecular complexity index is 762. The van der Waals surface area contributed by atoms with Crippen molar-refractivity contribution >= 4 is 5.91 Å². The number of piperidine rings is 1. The average Bonchev–Trinajstić information content (AvgIpc) is 3.36. The SMILES string of the molecule is Cc1cccc(-n2nc(C)nc2[C@H]2CCCCN2C(=O)C2CC2)c1. The molecular weight excluding hydrogens is 300 g/mol. The number of nitrogens with zero attached hydrogens (tertiary/aromatic N) is 4. The van der Waals surface area contributed by atoms with Crippen molar-refractivity contribution < 1.29 is 4.79 Å². The third-order valence-electron chi connectivity index (χ3n) is 4.99. The maximum Gasteiger partial charge on any atom is 0.226 e. The summed E-state index contributed by atoms with van der Waals surface area (Å²) in [7, 11) is 0. The second-order valence-corrected chi connectivity index (χ2v) is 7.09. The lowest BCUT2D eigenvalue weighted by molar-refractivity contribution is -0.136. The van der Waals surface area contributed by atoms with Crippen LogP contribution in [0.2, 0.25) is 0 Å². The number of hydrogen-bond donors (Lipinski definition) is 0. The summed E-state index contributed by atoms with van der Waals surface area (Å²) in [6, 6.07) is 8.35. The van der Waals surface area contributed by atoms with Gasteiger partial charge >= 0.3 is 0 Å². The summed E-state index contributed by atoms with van der Waals surface area (Å²) in [4.78, 5) is 19.5. The molecule has 0 unspecified atom stereocenters. The van der Waals surface area contributed by atoms with Crippen LogP contribution >= 0.6 is 0 Å². The largest absolute Gasteiger partial charge is 0.332 e. The van der Waals surface area contributed by atoms with Crippen molar-refractivity contribution in [2.75, 3.05) is 6.54 Å². The maximum atomic E-state index is 12.7. The summed E-state index contributed by atoms with van der Waals surface area (Å²) in [6.45, 7) is 4.85. The number of rotatable bonds is 3. The smallest absolute Gasteiger partial charge is 0.226 e. The van der Waals surface area contributed by atoms with E-state index in [1.165, 1.54) is 5.56 Å². The molecule has 2 fully saturated rings. The molecule has 1 saturated heterocycles. The van der Waals surface area contributed by atoms with Gasteiger partial charge in [-0.05, 0) is 63.6 Å². The Hall–Kier alpha value is -2.17. The molecule has 0 N–H and O–H groups in total. The van der Waals surface area contributed by atoms with Crippen LogP contribution in [-0.4, -0.2) is 32.1 Å². The van der Waals surface area contributed by atoms with Crippen molar-refractivity contribution in [3.8, 4) is 5.69 Å². The van der Waals surface area contributed by atoms with Gasteiger partial charge in [0.25, 0.3) is 0 Å². The zero-order chi connectivity index (χ0) is 16.7. The monoisotopic (exact) mass is 324 g/mol. The third kappa shape index (κ3) is 2.83. The number of aromatic nitrogens is 3. The molecule has 1 aromatic heterocycles. The van der Waals surface area contributed by atoms with Gasteiger partial charge in [-0.1, -0.05) is 12.1 Å². The molecule has 4 rings (SSSR count). The minimum absolute atomic E-state index is 0.0496. The Morgan fingerprint density at radius 1 is 1.17 bits per heavy atom. The van der Waals surface area contributed by atoms with Crippen molar-refractivity contribution in [1.29, 1.82) is 0 Å². The lowest BCUT2D eigenvalue weighted by Crippen LogP contribution is -2.40. The van der Waals surface area contributed by atoms with Crippen LogP contribution in [0.4, 0.5) is 0 Å². The summed E-state index contributed by atoms with van der Waals surface area (Å²) < 4.78 is 1.94. The van der Waals surface area contributed by atoms with Crippen LogP contribution in [-0.2, 0) is 4.79 Å². The van der Waals surface area contributed by atoms with E-state index in [2.05, 4.69) is 35.1 Å². The minimum Gasteiger partial charge on any atom is -0.332 e. The maximum absolute atomic E-state index is 12.7. The van der Waals surface area contributed by atoms with Gasteiger partial charge < -0.3 is 4.90 Å². The van der Waals surface area contributed by atoms with Gasteiger partial charge in [0.1, 0.15) is 5.82 Å². The molecule has 2 heterocycles. The molecule has 1 aliphatic heterocycles. The summed E-state index contributed by atoms with van der Waals surface area (Å²) in [5.74, 6) is 2.24. The van der Waals surface area contributed by atoms with Gasteiger partial charge in [0.15, 0.2) is 5.82 Å². The predicted molar refractivity (Wildman–Crippen MR) is 91.9 cm³/mol. The Balaban J connectivity index is 1.73. The number of aryl methyl sites for hydroxylation is 2. The molecular formula is C19H24N4O. The van der Waals surface area contributed by atoms with E-state index < -0.39 is 0 Å². The van der Waals surface area contributed by atoms with E-state index in [-0.39, 0.29) is 12.0 Å². The second-order valence-electron chi connectivity index (χ2n) is 7.09. The van der Waals surface area contributed by atoms with Crippen molar-refractivity contribution in [1.82, 2.24) is 19.7 Å². The van der Waals surface area contributed by atoms with Crippen LogP contribution in [0.1, 0.15) is 55.4 Å². The van der Waals surface area contributed by atoms with Crippen molar-refractivity contribution in [3.63, 3.8) is 0 Å². The first-order valence-electron chi connectivity index (χ1n) is 8.94. The van der Waals surface area contributed by atoms with E-state index >= 15 is 0 Å². The normalized spacial score (nSPS) is 21.1. The highest BCUT2D eigenvalue weighted by Gasteiger charge is 2.39. The van der Waals surface area contributed by atoms with Crippen molar-refractivity contribution in [2.45, 2.75) is 52.0 Å². The fraction of sp³-hybridized carbons (Fsp3) is 0.526. The molecule has 0 bridgehead atoms. The number of carbonyl (C=O) groups is 1. The summed E-state index contributed by atoms with van der Waals surface area (Å²) in [6.07, 6.45) is 5.30. The molecule has 1 saturated carbocycles. The molecule has 2 aromatic rings. The first kappa shape index (κ1) is 15.4. The Kier molecular flexibility index (Phi) is 3.87.